The van der Waals surface area contributed by atoms with Crippen molar-refractivity contribution in [3.63, 3.8) is 0 Å². The smallest absolute Gasteiger partial charge is 0.296 e. The zero-order valence-electron chi connectivity index (χ0n) is 14.9. The van der Waals surface area contributed by atoms with Crippen LogP contribution in [0.3, 0.4) is 0 Å². The number of rotatable bonds is 5. The van der Waals surface area contributed by atoms with Crippen LogP contribution in [-0.2, 0) is 11.3 Å². The monoisotopic (exact) mass is 395 g/mol. The lowest BCUT2D eigenvalue weighted by Crippen LogP contribution is -2.39. The zero-order chi connectivity index (χ0) is 19.8. The van der Waals surface area contributed by atoms with Gasteiger partial charge in [0.2, 0.25) is 0 Å². The van der Waals surface area contributed by atoms with Crippen molar-refractivity contribution in [1.29, 1.82) is 0 Å². The van der Waals surface area contributed by atoms with E-state index in [1.54, 1.807) is 18.3 Å². The Kier molecular flexibility index (Phi) is 6.54. The lowest BCUT2D eigenvalue weighted by atomic mass is 10.2. The van der Waals surface area contributed by atoms with Crippen molar-refractivity contribution in [2.45, 2.75) is 6.54 Å². The van der Waals surface area contributed by atoms with E-state index < -0.39 is 5.91 Å². The van der Waals surface area contributed by atoms with Crippen LogP contribution in [0.1, 0.15) is 11.1 Å². The van der Waals surface area contributed by atoms with E-state index in [1.807, 2.05) is 18.3 Å². The van der Waals surface area contributed by atoms with Gasteiger partial charge in [-0.05, 0) is 48.1 Å². The number of pyridine rings is 1. The molecule has 6 nitrogen and oxygen atoms in total. The summed E-state index contributed by atoms with van der Waals surface area (Å²) < 4.78 is 13.0. The molecule has 0 bridgehead atoms. The number of aromatic amines is 1. The minimum absolute atomic E-state index is 0.357. The summed E-state index contributed by atoms with van der Waals surface area (Å²) in [4.78, 5) is 19.0. The van der Waals surface area contributed by atoms with E-state index in [0.29, 0.717) is 30.3 Å². The summed E-state index contributed by atoms with van der Waals surface area (Å²) in [7, 11) is 0. The number of nitrogens with zero attached hydrogens (tertiary/aromatic N) is 1. The highest BCUT2D eigenvalue weighted by atomic mass is 32.1. The predicted molar refractivity (Wildman–Crippen MR) is 110 cm³/mol. The minimum atomic E-state index is -0.434. The molecule has 0 aliphatic heterocycles. The number of benzene rings is 1. The maximum Gasteiger partial charge on any atom is 0.296 e. The molecule has 0 unspecified atom stereocenters. The first-order valence-electron chi connectivity index (χ1n) is 8.60. The molecule has 0 aliphatic carbocycles. The highest BCUT2D eigenvalue weighted by Crippen LogP contribution is 2.14. The maximum atomic E-state index is 13.0. The Hall–Kier alpha value is -3.44. The summed E-state index contributed by atoms with van der Waals surface area (Å²) in [5.74, 6) is 4.22. The number of hydrogen-bond acceptors (Lipinski definition) is 3. The van der Waals surface area contributed by atoms with Gasteiger partial charge >= 0.3 is 0 Å². The van der Waals surface area contributed by atoms with Gasteiger partial charge < -0.3 is 20.9 Å². The van der Waals surface area contributed by atoms with Crippen LogP contribution in [0.5, 0.6) is 0 Å². The number of nitrogens with one attached hydrogen (secondary N) is 4. The Balaban J connectivity index is 1.36. The number of carbonyl (C=O) groups excluding carboxylic acids is 1. The van der Waals surface area contributed by atoms with Crippen LogP contribution in [0, 0.1) is 17.7 Å². The molecule has 0 atom stereocenters. The molecule has 0 saturated heterocycles. The van der Waals surface area contributed by atoms with Gasteiger partial charge in [-0.1, -0.05) is 12.0 Å². The second kappa shape index (κ2) is 9.48. The molecule has 28 heavy (non-hydrogen) atoms. The van der Waals surface area contributed by atoms with Crippen molar-refractivity contribution >= 4 is 34.3 Å². The van der Waals surface area contributed by atoms with Gasteiger partial charge in [0.15, 0.2) is 5.11 Å². The molecule has 3 aromatic rings. The van der Waals surface area contributed by atoms with Crippen LogP contribution in [0.2, 0.25) is 0 Å². The molecule has 1 amide bonds. The number of thiocarbonyl (C=S) groups is 1. The normalized spacial score (nSPS) is 10.0. The first-order chi connectivity index (χ1) is 13.6. The van der Waals surface area contributed by atoms with Crippen LogP contribution in [-0.4, -0.2) is 34.1 Å². The Morgan fingerprint density at radius 3 is 2.89 bits per heavy atom. The standard InChI is InChI=1S/C20H18FN5OS/c21-16-3-1-2-14(12-16)4-5-18(27)22-10-11-25-20(28)26-13-15-6-8-23-19-17(15)7-9-24-19/h1-3,6-9,12H,10-11,13H2,(H,22,27)(H,23,24)(H2,25,26,28). The highest BCUT2D eigenvalue weighted by Gasteiger charge is 2.03. The van der Waals surface area contributed by atoms with Gasteiger partial charge in [-0.3, -0.25) is 4.79 Å². The fourth-order valence-corrected chi connectivity index (χ4v) is 2.68. The lowest BCUT2D eigenvalue weighted by molar-refractivity contribution is -0.115. The van der Waals surface area contributed by atoms with Gasteiger partial charge in [-0.15, -0.1) is 0 Å². The molecule has 1 aromatic carbocycles. The number of halogens is 1. The molecule has 0 aliphatic rings. The van der Waals surface area contributed by atoms with E-state index in [9.17, 15) is 9.18 Å². The lowest BCUT2D eigenvalue weighted by Gasteiger charge is -2.11. The summed E-state index contributed by atoms with van der Waals surface area (Å²) in [5.41, 5.74) is 2.36. The fraction of sp³-hybridized carbons (Fsp3) is 0.150. The van der Waals surface area contributed by atoms with Gasteiger partial charge in [0, 0.05) is 48.9 Å². The fourth-order valence-electron chi connectivity index (χ4n) is 2.50. The number of hydrogen-bond donors (Lipinski definition) is 4. The molecule has 8 heteroatoms. The summed E-state index contributed by atoms with van der Waals surface area (Å²) >= 11 is 5.24. The largest absolute Gasteiger partial charge is 0.361 e. The maximum absolute atomic E-state index is 13.0. The second-order valence-corrected chi connectivity index (χ2v) is 6.24. The average molecular weight is 395 g/mol. The summed E-state index contributed by atoms with van der Waals surface area (Å²) in [5, 5.41) is 10.3. The number of fused-ring (bicyclic) bond motifs is 1. The van der Waals surface area contributed by atoms with E-state index in [2.05, 4.69) is 37.8 Å². The molecule has 2 aromatic heterocycles. The Morgan fingerprint density at radius 1 is 1.18 bits per heavy atom. The molecule has 3 rings (SSSR count). The Labute approximate surface area is 166 Å². The van der Waals surface area contributed by atoms with Crippen LogP contribution >= 0.6 is 12.2 Å². The van der Waals surface area contributed by atoms with E-state index in [1.165, 1.54) is 12.1 Å². The van der Waals surface area contributed by atoms with Gasteiger partial charge in [-0.25, -0.2) is 9.37 Å². The number of H-pyrrole nitrogens is 1. The number of amides is 1. The van der Waals surface area contributed by atoms with Crippen molar-refractivity contribution in [3.05, 3.63) is 65.7 Å². The van der Waals surface area contributed by atoms with Gasteiger partial charge in [0.25, 0.3) is 5.91 Å². The van der Waals surface area contributed by atoms with Crippen molar-refractivity contribution in [3.8, 4) is 11.8 Å². The van der Waals surface area contributed by atoms with E-state index in [-0.39, 0.29) is 5.82 Å². The summed E-state index contributed by atoms with van der Waals surface area (Å²) in [6, 6.07) is 9.68. The van der Waals surface area contributed by atoms with Crippen molar-refractivity contribution < 1.29 is 9.18 Å². The number of aromatic nitrogens is 2. The van der Waals surface area contributed by atoms with Crippen molar-refractivity contribution in [2.24, 2.45) is 0 Å². The molecule has 0 radical (unpaired) electrons. The third kappa shape index (κ3) is 5.53. The summed E-state index contributed by atoms with van der Waals surface area (Å²) in [6.45, 7) is 1.37. The molecule has 0 saturated carbocycles. The molecule has 0 fully saturated rings. The quantitative estimate of drug-likeness (QED) is 0.301. The highest BCUT2D eigenvalue weighted by molar-refractivity contribution is 7.80. The second-order valence-electron chi connectivity index (χ2n) is 5.84. The predicted octanol–water partition coefficient (Wildman–Crippen LogP) is 1.83. The number of carbonyl (C=O) groups is 1. The molecule has 2 heterocycles. The van der Waals surface area contributed by atoms with E-state index in [0.717, 1.165) is 16.6 Å². The zero-order valence-corrected chi connectivity index (χ0v) is 15.7. The van der Waals surface area contributed by atoms with Crippen molar-refractivity contribution in [2.75, 3.05) is 13.1 Å². The van der Waals surface area contributed by atoms with Gasteiger partial charge in [0.05, 0.1) is 0 Å². The molecule has 0 spiro atoms. The molecular formula is C20H18FN5OS. The third-order valence-corrected chi connectivity index (χ3v) is 4.12. The minimum Gasteiger partial charge on any atom is -0.361 e. The molecule has 4 N–H and O–H groups in total. The third-order valence-electron chi connectivity index (χ3n) is 3.83. The SMILES string of the molecule is O=C(C#Cc1cccc(F)c1)NCCNC(=S)NCc1ccnc2[nH]ccc12. The van der Waals surface area contributed by atoms with Crippen LogP contribution < -0.4 is 16.0 Å². The first kappa shape index (κ1) is 19.3. The van der Waals surface area contributed by atoms with Crippen molar-refractivity contribution in [1.82, 2.24) is 25.9 Å². The molecular weight excluding hydrogens is 377 g/mol. The topological polar surface area (TPSA) is 81.8 Å². The van der Waals surface area contributed by atoms with Crippen LogP contribution in [0.4, 0.5) is 4.39 Å². The van der Waals surface area contributed by atoms with Gasteiger partial charge in [-0.2, -0.15) is 0 Å². The van der Waals surface area contributed by atoms with E-state index in [4.69, 9.17) is 12.2 Å². The van der Waals surface area contributed by atoms with Crippen LogP contribution in [0.15, 0.2) is 48.8 Å². The molecule has 142 valence electrons. The van der Waals surface area contributed by atoms with Gasteiger partial charge in [0.1, 0.15) is 11.5 Å². The Morgan fingerprint density at radius 2 is 2.04 bits per heavy atom. The first-order valence-corrected chi connectivity index (χ1v) is 9.01. The Bertz CT molecular complexity index is 1050. The van der Waals surface area contributed by atoms with Crippen LogP contribution in [0.25, 0.3) is 11.0 Å². The summed E-state index contributed by atoms with van der Waals surface area (Å²) in [6.07, 6.45) is 3.59. The average Bonchev–Trinajstić information content (AvgIpc) is 3.17. The van der Waals surface area contributed by atoms with E-state index >= 15 is 0 Å².